The molecular weight excluding hydrogens is 406 g/mol. The normalized spacial score (nSPS) is 19.6. The lowest BCUT2D eigenvalue weighted by Crippen LogP contribution is -2.56. The van der Waals surface area contributed by atoms with Crippen LogP contribution in [0, 0.1) is 0 Å². The Morgan fingerprint density at radius 2 is 1.83 bits per heavy atom. The summed E-state index contributed by atoms with van der Waals surface area (Å²) in [6.45, 7) is 0. The highest BCUT2D eigenvalue weighted by Crippen LogP contribution is 2.45. The van der Waals surface area contributed by atoms with E-state index in [4.69, 9.17) is 11.6 Å². The van der Waals surface area contributed by atoms with Gasteiger partial charge >= 0.3 is 0 Å². The minimum atomic E-state index is -0.338. The number of fused-ring (bicyclic) bond motifs is 1. The molecular formula is C21H20ClN5OS. The van der Waals surface area contributed by atoms with Gasteiger partial charge in [-0.05, 0) is 25.0 Å². The molecule has 1 aromatic heterocycles. The number of nitrogens with zero attached hydrogens (tertiary/aromatic N) is 3. The molecule has 0 bridgehead atoms. The first kappa shape index (κ1) is 18.5. The van der Waals surface area contributed by atoms with E-state index >= 15 is 0 Å². The third-order valence-electron chi connectivity index (χ3n) is 5.59. The third kappa shape index (κ3) is 3.28. The Morgan fingerprint density at radius 1 is 1.10 bits per heavy atom. The SMILES string of the molecule is O=C(Nc1ccccc1Cl)[C@H]1Sc2nnc(-c3ccccc3)n2NC12CCCC2. The van der Waals surface area contributed by atoms with Gasteiger partial charge in [-0.15, -0.1) is 10.2 Å². The molecule has 2 aliphatic rings. The molecule has 148 valence electrons. The smallest absolute Gasteiger partial charge is 0.240 e. The molecule has 1 aliphatic carbocycles. The zero-order chi connectivity index (χ0) is 19.8. The van der Waals surface area contributed by atoms with E-state index in [1.807, 2.05) is 53.2 Å². The van der Waals surface area contributed by atoms with Crippen molar-refractivity contribution < 1.29 is 4.79 Å². The Morgan fingerprint density at radius 3 is 2.59 bits per heavy atom. The van der Waals surface area contributed by atoms with Gasteiger partial charge in [0.25, 0.3) is 0 Å². The lowest BCUT2D eigenvalue weighted by atomic mass is 9.92. The lowest BCUT2D eigenvalue weighted by Gasteiger charge is -2.41. The molecule has 1 aliphatic heterocycles. The van der Waals surface area contributed by atoms with E-state index in [2.05, 4.69) is 20.9 Å². The summed E-state index contributed by atoms with van der Waals surface area (Å²) < 4.78 is 1.95. The summed E-state index contributed by atoms with van der Waals surface area (Å²) in [4.78, 5) is 13.3. The number of carbonyl (C=O) groups is 1. The molecule has 5 rings (SSSR count). The maximum Gasteiger partial charge on any atom is 0.240 e. The topological polar surface area (TPSA) is 71.8 Å². The molecule has 6 nitrogen and oxygen atoms in total. The maximum atomic E-state index is 13.3. The minimum absolute atomic E-state index is 0.0620. The van der Waals surface area contributed by atoms with Crippen LogP contribution in [0.25, 0.3) is 11.4 Å². The van der Waals surface area contributed by atoms with Crippen LogP contribution in [0.1, 0.15) is 25.7 Å². The largest absolute Gasteiger partial charge is 0.324 e. The summed E-state index contributed by atoms with van der Waals surface area (Å²) in [5, 5.41) is 12.7. The Hall–Kier alpha value is -2.51. The number of para-hydroxylation sites is 1. The van der Waals surface area contributed by atoms with Crippen LogP contribution in [0.2, 0.25) is 5.02 Å². The maximum absolute atomic E-state index is 13.3. The molecule has 1 spiro atoms. The van der Waals surface area contributed by atoms with Crippen LogP contribution >= 0.6 is 23.4 Å². The van der Waals surface area contributed by atoms with Crippen LogP contribution in [-0.4, -0.2) is 31.6 Å². The first-order valence-electron chi connectivity index (χ1n) is 9.67. The molecule has 2 N–H and O–H groups in total. The van der Waals surface area contributed by atoms with Crippen molar-refractivity contribution in [3.05, 3.63) is 59.6 Å². The molecule has 0 saturated heterocycles. The van der Waals surface area contributed by atoms with Crippen molar-refractivity contribution in [2.24, 2.45) is 0 Å². The van der Waals surface area contributed by atoms with Crippen molar-refractivity contribution in [2.45, 2.75) is 41.6 Å². The predicted molar refractivity (Wildman–Crippen MR) is 116 cm³/mol. The Bertz CT molecular complexity index is 1050. The summed E-state index contributed by atoms with van der Waals surface area (Å²) in [6, 6.07) is 17.3. The molecule has 1 saturated carbocycles. The zero-order valence-corrected chi connectivity index (χ0v) is 17.2. The van der Waals surface area contributed by atoms with Crippen LogP contribution in [0.5, 0.6) is 0 Å². The van der Waals surface area contributed by atoms with Gasteiger partial charge in [-0.2, -0.15) is 0 Å². The number of benzene rings is 2. The number of thioether (sulfide) groups is 1. The first-order chi connectivity index (χ1) is 14.2. The van der Waals surface area contributed by atoms with Crippen LogP contribution in [-0.2, 0) is 4.79 Å². The van der Waals surface area contributed by atoms with Gasteiger partial charge in [0.15, 0.2) is 5.82 Å². The number of halogens is 1. The van der Waals surface area contributed by atoms with Crippen LogP contribution in [0.4, 0.5) is 5.69 Å². The fourth-order valence-corrected chi connectivity index (χ4v) is 5.57. The monoisotopic (exact) mass is 425 g/mol. The van der Waals surface area contributed by atoms with Crippen molar-refractivity contribution >= 4 is 35.0 Å². The average Bonchev–Trinajstić information content (AvgIpc) is 3.37. The predicted octanol–water partition coefficient (Wildman–Crippen LogP) is 4.57. The van der Waals surface area contributed by atoms with Gasteiger partial charge < -0.3 is 10.7 Å². The van der Waals surface area contributed by atoms with E-state index in [0.29, 0.717) is 15.9 Å². The summed E-state index contributed by atoms with van der Waals surface area (Å²) in [5.74, 6) is 0.706. The van der Waals surface area contributed by atoms with E-state index in [1.165, 1.54) is 11.8 Å². The number of anilines is 1. The molecule has 2 aromatic carbocycles. The Labute approximate surface area is 178 Å². The van der Waals surface area contributed by atoms with Gasteiger partial charge in [-0.25, -0.2) is 4.68 Å². The summed E-state index contributed by atoms with van der Waals surface area (Å²) in [6.07, 6.45) is 4.02. The number of nitrogens with one attached hydrogen (secondary N) is 2. The van der Waals surface area contributed by atoms with Gasteiger partial charge in [0.1, 0.15) is 5.25 Å². The number of carbonyl (C=O) groups excluding carboxylic acids is 1. The summed E-state index contributed by atoms with van der Waals surface area (Å²) in [7, 11) is 0. The highest BCUT2D eigenvalue weighted by molar-refractivity contribution is 8.00. The minimum Gasteiger partial charge on any atom is -0.324 e. The van der Waals surface area contributed by atoms with Crippen LogP contribution in [0.3, 0.4) is 0 Å². The number of rotatable bonds is 3. The highest BCUT2D eigenvalue weighted by Gasteiger charge is 2.50. The quantitative estimate of drug-likeness (QED) is 0.643. The van der Waals surface area contributed by atoms with E-state index in [0.717, 1.165) is 37.1 Å². The summed E-state index contributed by atoms with van der Waals surface area (Å²) >= 11 is 7.72. The molecule has 0 radical (unpaired) electrons. The average molecular weight is 426 g/mol. The molecule has 8 heteroatoms. The lowest BCUT2D eigenvalue weighted by molar-refractivity contribution is -0.116. The zero-order valence-electron chi connectivity index (χ0n) is 15.6. The highest BCUT2D eigenvalue weighted by atomic mass is 35.5. The number of amides is 1. The Balaban J connectivity index is 1.49. The number of aromatic nitrogens is 3. The number of hydrogen-bond acceptors (Lipinski definition) is 5. The van der Waals surface area contributed by atoms with E-state index < -0.39 is 0 Å². The van der Waals surface area contributed by atoms with E-state index in [-0.39, 0.29) is 16.7 Å². The molecule has 3 aromatic rings. The van der Waals surface area contributed by atoms with E-state index in [1.54, 1.807) is 6.07 Å². The second-order valence-electron chi connectivity index (χ2n) is 7.45. The van der Waals surface area contributed by atoms with Crippen molar-refractivity contribution in [3.63, 3.8) is 0 Å². The summed E-state index contributed by atoms with van der Waals surface area (Å²) in [5.41, 5.74) is 4.91. The van der Waals surface area contributed by atoms with E-state index in [9.17, 15) is 4.79 Å². The van der Waals surface area contributed by atoms with Crippen molar-refractivity contribution in [3.8, 4) is 11.4 Å². The second kappa shape index (κ2) is 7.39. The third-order valence-corrected chi connectivity index (χ3v) is 7.30. The van der Waals surface area contributed by atoms with Gasteiger partial charge in [0.05, 0.1) is 16.2 Å². The van der Waals surface area contributed by atoms with Crippen LogP contribution < -0.4 is 10.7 Å². The molecule has 2 heterocycles. The van der Waals surface area contributed by atoms with Gasteiger partial charge in [-0.1, -0.05) is 78.7 Å². The number of hydrogen-bond donors (Lipinski definition) is 2. The Kier molecular flexibility index (Phi) is 4.72. The van der Waals surface area contributed by atoms with Gasteiger partial charge in [0, 0.05) is 5.56 Å². The van der Waals surface area contributed by atoms with Crippen LogP contribution in [0.15, 0.2) is 59.8 Å². The first-order valence-corrected chi connectivity index (χ1v) is 10.9. The molecule has 1 amide bonds. The molecule has 1 atom stereocenters. The van der Waals surface area contributed by atoms with Crippen molar-refractivity contribution in [2.75, 3.05) is 10.7 Å². The molecule has 0 unspecified atom stereocenters. The molecule has 29 heavy (non-hydrogen) atoms. The standard InChI is InChI=1S/C21H20ClN5OS/c22-15-10-4-5-11-16(15)23-19(28)17-21(12-6-7-13-21)26-27-18(24-25-20(27)29-17)14-8-2-1-3-9-14/h1-5,8-11,17,26H,6-7,12-13H2,(H,23,28)/t17-/m1/s1. The van der Waals surface area contributed by atoms with Gasteiger partial charge in [-0.3, -0.25) is 4.79 Å². The van der Waals surface area contributed by atoms with Crippen molar-refractivity contribution in [1.82, 2.24) is 14.9 Å². The molecule has 1 fully saturated rings. The van der Waals surface area contributed by atoms with Gasteiger partial charge in [0.2, 0.25) is 11.1 Å². The van der Waals surface area contributed by atoms with Crippen molar-refractivity contribution in [1.29, 1.82) is 0 Å². The fraction of sp³-hybridized carbons (Fsp3) is 0.286. The second-order valence-corrected chi connectivity index (χ2v) is 8.93. The fourth-order valence-electron chi connectivity index (χ4n) is 4.17.